The van der Waals surface area contributed by atoms with Crippen LogP contribution in [0.15, 0.2) is 9.95 Å². The standard InChI is InChI=1S/C10H16N4O4S/c1-10(2,7(17)11-3)5-14-8(18)12-13-9(14)19-4-6(15)16/h4-5H2,1-3H3,(H,11,17)(H,12,18)(H,15,16). The lowest BCUT2D eigenvalue weighted by Gasteiger charge is -2.22. The van der Waals surface area contributed by atoms with Crippen molar-refractivity contribution in [1.82, 2.24) is 20.1 Å². The van der Waals surface area contributed by atoms with Crippen molar-refractivity contribution in [3.05, 3.63) is 10.5 Å². The number of carboxylic acids is 1. The summed E-state index contributed by atoms with van der Waals surface area (Å²) in [5.74, 6) is -1.42. The van der Waals surface area contributed by atoms with Gasteiger partial charge in [-0.15, -0.1) is 5.10 Å². The third-order valence-electron chi connectivity index (χ3n) is 2.44. The summed E-state index contributed by atoms with van der Waals surface area (Å²) in [6, 6.07) is 0. The molecule has 1 amide bonds. The van der Waals surface area contributed by atoms with Crippen LogP contribution in [0.5, 0.6) is 0 Å². The van der Waals surface area contributed by atoms with Crippen LogP contribution in [0.25, 0.3) is 0 Å². The zero-order chi connectivity index (χ0) is 14.6. The minimum Gasteiger partial charge on any atom is -0.481 e. The second-order valence-electron chi connectivity index (χ2n) is 4.54. The highest BCUT2D eigenvalue weighted by Gasteiger charge is 2.29. The maximum atomic E-state index is 11.7. The molecule has 0 radical (unpaired) electrons. The number of carbonyl (C=O) groups is 2. The largest absolute Gasteiger partial charge is 0.481 e. The molecule has 0 aliphatic carbocycles. The number of hydrogen-bond donors (Lipinski definition) is 3. The molecule has 0 unspecified atom stereocenters. The first kappa shape index (κ1) is 15.3. The van der Waals surface area contributed by atoms with Crippen LogP contribution in [0.3, 0.4) is 0 Å². The van der Waals surface area contributed by atoms with Crippen LogP contribution in [-0.2, 0) is 16.1 Å². The highest BCUT2D eigenvalue weighted by molar-refractivity contribution is 7.99. The van der Waals surface area contributed by atoms with E-state index in [9.17, 15) is 14.4 Å². The third-order valence-corrected chi connectivity index (χ3v) is 3.40. The first-order valence-electron chi connectivity index (χ1n) is 5.50. The number of H-pyrrole nitrogens is 1. The molecule has 0 aliphatic heterocycles. The Morgan fingerprint density at radius 2 is 2.16 bits per heavy atom. The number of amides is 1. The minimum atomic E-state index is -1.00. The zero-order valence-corrected chi connectivity index (χ0v) is 11.7. The Labute approximate surface area is 113 Å². The Kier molecular flexibility index (Phi) is 4.76. The number of aromatic nitrogens is 3. The van der Waals surface area contributed by atoms with Crippen molar-refractivity contribution in [3.8, 4) is 0 Å². The summed E-state index contributed by atoms with van der Waals surface area (Å²) in [5.41, 5.74) is -1.27. The van der Waals surface area contributed by atoms with Crippen molar-refractivity contribution in [2.45, 2.75) is 25.5 Å². The zero-order valence-electron chi connectivity index (χ0n) is 10.9. The number of carboxylic acid groups (broad SMARTS) is 1. The average molecular weight is 288 g/mol. The minimum absolute atomic E-state index is 0.115. The monoisotopic (exact) mass is 288 g/mol. The maximum Gasteiger partial charge on any atom is 0.344 e. The van der Waals surface area contributed by atoms with E-state index in [1.165, 1.54) is 11.6 Å². The molecule has 1 heterocycles. The Morgan fingerprint density at radius 3 is 2.68 bits per heavy atom. The summed E-state index contributed by atoms with van der Waals surface area (Å²) in [7, 11) is 1.52. The lowest BCUT2D eigenvalue weighted by molar-refractivity contribution is -0.134. The van der Waals surface area contributed by atoms with E-state index in [0.717, 1.165) is 11.8 Å². The van der Waals surface area contributed by atoms with Gasteiger partial charge < -0.3 is 10.4 Å². The van der Waals surface area contributed by atoms with Gasteiger partial charge in [-0.05, 0) is 13.8 Å². The molecule has 0 fully saturated rings. The first-order chi connectivity index (χ1) is 8.77. The van der Waals surface area contributed by atoms with E-state index in [2.05, 4.69) is 15.5 Å². The molecule has 19 heavy (non-hydrogen) atoms. The van der Waals surface area contributed by atoms with Gasteiger partial charge >= 0.3 is 11.7 Å². The Balaban J connectivity index is 2.94. The number of thioether (sulfide) groups is 1. The summed E-state index contributed by atoms with van der Waals surface area (Å²) in [5, 5.41) is 17.4. The first-order valence-corrected chi connectivity index (χ1v) is 6.48. The smallest absolute Gasteiger partial charge is 0.344 e. The Bertz CT molecular complexity index is 534. The molecule has 1 rings (SSSR count). The number of aromatic amines is 1. The van der Waals surface area contributed by atoms with Crippen LogP contribution in [0.2, 0.25) is 0 Å². The summed E-state index contributed by atoms with van der Waals surface area (Å²) in [4.78, 5) is 33.8. The SMILES string of the molecule is CNC(=O)C(C)(C)Cn1c(SCC(=O)O)n[nH]c1=O. The predicted octanol–water partition coefficient (Wildman–Crippen LogP) is -0.480. The summed E-state index contributed by atoms with van der Waals surface area (Å²) < 4.78 is 1.27. The lowest BCUT2D eigenvalue weighted by atomic mass is 9.92. The Hall–Kier alpha value is -1.77. The van der Waals surface area contributed by atoms with E-state index in [1.807, 2.05) is 0 Å². The van der Waals surface area contributed by atoms with Gasteiger partial charge in [-0.2, -0.15) is 0 Å². The molecule has 0 bridgehead atoms. The van der Waals surface area contributed by atoms with E-state index in [4.69, 9.17) is 5.11 Å². The van der Waals surface area contributed by atoms with Crippen LogP contribution in [-0.4, -0.2) is 44.5 Å². The summed E-state index contributed by atoms with van der Waals surface area (Å²) in [6.07, 6.45) is 0. The van der Waals surface area contributed by atoms with E-state index in [0.29, 0.717) is 0 Å². The van der Waals surface area contributed by atoms with Gasteiger partial charge in [-0.3, -0.25) is 14.2 Å². The van der Waals surface area contributed by atoms with Gasteiger partial charge in [0, 0.05) is 13.6 Å². The van der Waals surface area contributed by atoms with E-state index in [1.54, 1.807) is 13.8 Å². The van der Waals surface area contributed by atoms with Crippen molar-refractivity contribution < 1.29 is 14.7 Å². The maximum absolute atomic E-state index is 11.7. The van der Waals surface area contributed by atoms with Crippen molar-refractivity contribution in [2.75, 3.05) is 12.8 Å². The van der Waals surface area contributed by atoms with Crippen molar-refractivity contribution in [3.63, 3.8) is 0 Å². The van der Waals surface area contributed by atoms with Gasteiger partial charge in [-0.25, -0.2) is 9.89 Å². The number of aliphatic carboxylic acids is 1. The molecule has 106 valence electrons. The predicted molar refractivity (Wildman–Crippen MR) is 69.1 cm³/mol. The Morgan fingerprint density at radius 1 is 1.53 bits per heavy atom. The van der Waals surface area contributed by atoms with Crippen molar-refractivity contribution in [2.24, 2.45) is 5.41 Å². The van der Waals surface area contributed by atoms with Gasteiger partial charge in [-0.1, -0.05) is 11.8 Å². The van der Waals surface area contributed by atoms with Gasteiger partial charge in [0.2, 0.25) is 5.91 Å². The molecule has 0 aliphatic rings. The van der Waals surface area contributed by atoms with Crippen LogP contribution in [0.1, 0.15) is 13.8 Å². The van der Waals surface area contributed by atoms with E-state index >= 15 is 0 Å². The molecule has 0 aromatic carbocycles. The lowest BCUT2D eigenvalue weighted by Crippen LogP contribution is -2.39. The van der Waals surface area contributed by atoms with Crippen molar-refractivity contribution >= 4 is 23.6 Å². The van der Waals surface area contributed by atoms with E-state index < -0.39 is 17.1 Å². The topological polar surface area (TPSA) is 117 Å². The molecular formula is C10H16N4O4S. The van der Waals surface area contributed by atoms with Crippen LogP contribution in [0, 0.1) is 5.41 Å². The highest BCUT2D eigenvalue weighted by atomic mass is 32.2. The van der Waals surface area contributed by atoms with Gasteiger partial charge in [0.15, 0.2) is 5.16 Å². The third kappa shape index (κ3) is 3.85. The fourth-order valence-corrected chi connectivity index (χ4v) is 2.15. The number of hydrogen-bond acceptors (Lipinski definition) is 5. The fourth-order valence-electron chi connectivity index (χ4n) is 1.48. The fraction of sp³-hybridized carbons (Fsp3) is 0.600. The average Bonchev–Trinajstić information content (AvgIpc) is 2.66. The molecular weight excluding hydrogens is 272 g/mol. The van der Waals surface area contributed by atoms with Crippen LogP contribution < -0.4 is 11.0 Å². The summed E-state index contributed by atoms with van der Waals surface area (Å²) in [6.45, 7) is 3.50. The number of nitrogens with zero attached hydrogens (tertiary/aromatic N) is 2. The molecule has 0 saturated heterocycles. The number of rotatable bonds is 6. The summed E-state index contributed by atoms with van der Waals surface area (Å²) >= 11 is 0.925. The molecule has 0 saturated carbocycles. The van der Waals surface area contributed by atoms with Gasteiger partial charge in [0.05, 0.1) is 11.2 Å². The second-order valence-corrected chi connectivity index (χ2v) is 5.49. The molecule has 1 aromatic rings. The quantitative estimate of drug-likeness (QED) is 0.609. The molecule has 8 nitrogen and oxygen atoms in total. The normalized spacial score (nSPS) is 11.3. The molecule has 1 aromatic heterocycles. The number of nitrogens with one attached hydrogen (secondary N) is 2. The molecule has 3 N–H and O–H groups in total. The molecule has 0 atom stereocenters. The molecule has 9 heteroatoms. The molecule has 0 spiro atoms. The number of carbonyl (C=O) groups excluding carboxylic acids is 1. The van der Waals surface area contributed by atoms with Gasteiger partial charge in [0.25, 0.3) is 0 Å². The van der Waals surface area contributed by atoms with Crippen LogP contribution in [0.4, 0.5) is 0 Å². The van der Waals surface area contributed by atoms with Crippen LogP contribution >= 0.6 is 11.8 Å². The van der Waals surface area contributed by atoms with E-state index in [-0.39, 0.29) is 23.4 Å². The highest BCUT2D eigenvalue weighted by Crippen LogP contribution is 2.21. The van der Waals surface area contributed by atoms with Crippen molar-refractivity contribution in [1.29, 1.82) is 0 Å². The second kappa shape index (κ2) is 5.91. The van der Waals surface area contributed by atoms with Gasteiger partial charge in [0.1, 0.15) is 0 Å².